The number of esters is 2. The van der Waals surface area contributed by atoms with Gasteiger partial charge in [-0.3, -0.25) is 9.59 Å². The Morgan fingerprint density at radius 1 is 1.40 bits per heavy atom. The van der Waals surface area contributed by atoms with Crippen molar-refractivity contribution < 1.29 is 23.8 Å². The van der Waals surface area contributed by atoms with Crippen molar-refractivity contribution in [3.63, 3.8) is 0 Å². The van der Waals surface area contributed by atoms with E-state index in [4.69, 9.17) is 14.2 Å². The predicted octanol–water partition coefficient (Wildman–Crippen LogP) is 2.22. The number of ether oxygens (including phenoxy) is 3. The molecule has 0 unspecified atom stereocenters. The Kier molecular flexibility index (Phi) is 3.84. The number of hydrogen-bond acceptors (Lipinski definition) is 5. The molecule has 0 spiro atoms. The first-order chi connectivity index (χ1) is 9.09. The van der Waals surface area contributed by atoms with E-state index >= 15 is 0 Å². The zero-order chi connectivity index (χ0) is 15.1. The average molecular weight is 284 g/mol. The zero-order valence-electron chi connectivity index (χ0n) is 12.9. The highest BCUT2D eigenvalue weighted by molar-refractivity contribution is 5.72. The number of carbonyl (C=O) groups excluding carboxylic acids is 2. The molecule has 3 fully saturated rings. The van der Waals surface area contributed by atoms with Crippen LogP contribution in [0, 0.1) is 5.41 Å². The molecule has 1 aliphatic carbocycles. The molecule has 0 N–H and O–H groups in total. The van der Waals surface area contributed by atoms with Crippen LogP contribution in [0.5, 0.6) is 0 Å². The molecule has 114 valence electrons. The van der Waals surface area contributed by atoms with Crippen LogP contribution < -0.4 is 0 Å². The van der Waals surface area contributed by atoms with Crippen LogP contribution in [0.15, 0.2) is 0 Å². The molecule has 4 atom stereocenters. The maximum Gasteiger partial charge on any atom is 0.306 e. The first kappa shape index (κ1) is 15.3. The number of rotatable bonds is 2. The van der Waals surface area contributed by atoms with Gasteiger partial charge in [0.1, 0.15) is 12.2 Å². The van der Waals surface area contributed by atoms with E-state index in [2.05, 4.69) is 0 Å². The van der Waals surface area contributed by atoms with E-state index in [1.807, 2.05) is 27.7 Å². The molecule has 2 bridgehead atoms. The molecule has 2 aliphatic heterocycles. The summed E-state index contributed by atoms with van der Waals surface area (Å²) < 4.78 is 16.9. The van der Waals surface area contributed by atoms with Crippen molar-refractivity contribution in [1.29, 1.82) is 0 Å². The summed E-state index contributed by atoms with van der Waals surface area (Å²) in [5.74, 6) is -0.567. The maximum absolute atomic E-state index is 11.9. The van der Waals surface area contributed by atoms with Gasteiger partial charge in [-0.15, -0.1) is 0 Å². The Bertz CT molecular complexity index is 411. The molecule has 0 aromatic rings. The largest absolute Gasteiger partial charge is 0.459 e. The average Bonchev–Trinajstić information content (AvgIpc) is 2.39. The molecule has 3 aliphatic rings. The Hall–Kier alpha value is -1.10. The van der Waals surface area contributed by atoms with Crippen molar-refractivity contribution in [3.05, 3.63) is 0 Å². The van der Waals surface area contributed by atoms with Gasteiger partial charge in [-0.2, -0.15) is 0 Å². The molecule has 2 saturated heterocycles. The Morgan fingerprint density at radius 2 is 2.05 bits per heavy atom. The first-order valence-electron chi connectivity index (χ1n) is 7.14. The molecule has 0 amide bonds. The van der Waals surface area contributed by atoms with E-state index < -0.39 is 6.10 Å². The smallest absolute Gasteiger partial charge is 0.306 e. The Balaban J connectivity index is 2.22. The number of hydrogen-bond donors (Lipinski definition) is 0. The van der Waals surface area contributed by atoms with Gasteiger partial charge in [-0.1, -0.05) is 6.92 Å². The topological polar surface area (TPSA) is 61.8 Å². The molecule has 0 aromatic carbocycles. The summed E-state index contributed by atoms with van der Waals surface area (Å²) in [5.41, 5.74) is -0.629. The minimum atomic E-state index is -0.394. The van der Waals surface area contributed by atoms with Crippen LogP contribution in [0.25, 0.3) is 0 Å². The van der Waals surface area contributed by atoms with Gasteiger partial charge in [-0.25, -0.2) is 0 Å². The maximum atomic E-state index is 11.9. The molecular weight excluding hydrogens is 260 g/mol. The van der Waals surface area contributed by atoms with Crippen molar-refractivity contribution in [2.24, 2.45) is 5.41 Å². The number of fused-ring (bicyclic) bond motifs is 4. The lowest BCUT2D eigenvalue weighted by atomic mass is 9.70. The predicted molar refractivity (Wildman–Crippen MR) is 72.0 cm³/mol. The lowest BCUT2D eigenvalue weighted by Crippen LogP contribution is -2.50. The van der Waals surface area contributed by atoms with Gasteiger partial charge in [0.15, 0.2) is 0 Å². The van der Waals surface area contributed by atoms with Crippen LogP contribution in [-0.2, 0) is 23.8 Å². The SMILES string of the molecule is CC(=O)O[C@H]1C[C@@]2(C)CC(=O)O[C@@H]1C[C@@H]2OC(C)(C)C. The second-order valence-corrected chi connectivity index (χ2v) is 7.17. The van der Waals surface area contributed by atoms with E-state index in [-0.39, 0.29) is 35.2 Å². The summed E-state index contributed by atoms with van der Waals surface area (Å²) in [6, 6.07) is 0. The fraction of sp³-hybridized carbons (Fsp3) is 0.867. The summed E-state index contributed by atoms with van der Waals surface area (Å²) in [6.07, 6.45) is 0.673. The van der Waals surface area contributed by atoms with Crippen molar-refractivity contribution in [3.8, 4) is 0 Å². The standard InChI is InChI=1S/C15H24O5/c1-9(16)18-11-7-15(5)8-13(17)19-10(11)6-12(15)20-14(2,3)4/h10-12H,6-8H2,1-5H3/t10-,11+,12+,15+/m1/s1. The third-order valence-corrected chi connectivity index (χ3v) is 3.95. The van der Waals surface area contributed by atoms with Crippen LogP contribution in [0.2, 0.25) is 0 Å². The Morgan fingerprint density at radius 3 is 2.60 bits per heavy atom. The van der Waals surface area contributed by atoms with Crippen molar-refractivity contribution in [1.82, 2.24) is 0 Å². The van der Waals surface area contributed by atoms with Gasteiger partial charge >= 0.3 is 11.9 Å². The lowest BCUT2D eigenvalue weighted by molar-refractivity contribution is -0.183. The van der Waals surface area contributed by atoms with Gasteiger partial charge in [0, 0.05) is 18.8 Å². The van der Waals surface area contributed by atoms with Crippen LogP contribution in [0.1, 0.15) is 53.9 Å². The summed E-state index contributed by atoms with van der Waals surface area (Å²) in [5, 5.41) is 0. The zero-order valence-corrected chi connectivity index (χ0v) is 12.9. The summed E-state index contributed by atoms with van der Waals surface area (Å²) in [4.78, 5) is 23.1. The van der Waals surface area contributed by atoms with Gasteiger partial charge < -0.3 is 14.2 Å². The molecule has 3 rings (SSSR count). The van der Waals surface area contributed by atoms with Gasteiger partial charge in [-0.05, 0) is 27.2 Å². The molecule has 5 nitrogen and oxygen atoms in total. The third kappa shape index (κ3) is 3.32. The summed E-state index contributed by atoms with van der Waals surface area (Å²) in [7, 11) is 0. The van der Waals surface area contributed by atoms with E-state index in [0.29, 0.717) is 19.3 Å². The highest BCUT2D eigenvalue weighted by Gasteiger charge is 2.53. The van der Waals surface area contributed by atoms with Crippen LogP contribution in [0.4, 0.5) is 0 Å². The molecular formula is C15H24O5. The van der Waals surface area contributed by atoms with Gasteiger partial charge in [0.25, 0.3) is 0 Å². The molecule has 1 saturated carbocycles. The highest BCUT2D eigenvalue weighted by atomic mass is 16.6. The van der Waals surface area contributed by atoms with Gasteiger partial charge in [0.2, 0.25) is 0 Å². The summed E-state index contributed by atoms with van der Waals surface area (Å²) in [6.45, 7) is 9.40. The lowest BCUT2D eigenvalue weighted by Gasteiger charge is -2.45. The van der Waals surface area contributed by atoms with Crippen LogP contribution >= 0.6 is 0 Å². The monoisotopic (exact) mass is 284 g/mol. The van der Waals surface area contributed by atoms with E-state index in [9.17, 15) is 9.59 Å². The first-order valence-corrected chi connectivity index (χ1v) is 7.14. The Labute approximate surface area is 120 Å². The van der Waals surface area contributed by atoms with Crippen molar-refractivity contribution >= 4 is 11.9 Å². The normalized spacial score (nSPS) is 37.2. The minimum absolute atomic E-state index is 0.0641. The fourth-order valence-electron chi connectivity index (χ4n) is 3.17. The molecule has 2 heterocycles. The highest BCUT2D eigenvalue weighted by Crippen LogP contribution is 2.47. The van der Waals surface area contributed by atoms with Crippen molar-refractivity contribution in [2.75, 3.05) is 0 Å². The van der Waals surface area contributed by atoms with E-state index in [0.717, 1.165) is 0 Å². The minimum Gasteiger partial charge on any atom is -0.459 e. The molecule has 0 aromatic heterocycles. The van der Waals surface area contributed by atoms with Crippen LogP contribution in [0.3, 0.4) is 0 Å². The second-order valence-electron chi connectivity index (χ2n) is 7.17. The van der Waals surface area contributed by atoms with Gasteiger partial charge in [0.05, 0.1) is 18.1 Å². The van der Waals surface area contributed by atoms with Crippen LogP contribution in [-0.4, -0.2) is 35.9 Å². The molecule has 0 radical (unpaired) electrons. The van der Waals surface area contributed by atoms with E-state index in [1.54, 1.807) is 0 Å². The quantitative estimate of drug-likeness (QED) is 0.728. The second kappa shape index (κ2) is 5.02. The fourth-order valence-corrected chi connectivity index (χ4v) is 3.17. The van der Waals surface area contributed by atoms with E-state index in [1.165, 1.54) is 6.92 Å². The molecule has 5 heteroatoms. The summed E-state index contributed by atoms with van der Waals surface area (Å²) >= 11 is 0. The third-order valence-electron chi connectivity index (χ3n) is 3.95. The number of carbonyl (C=O) groups is 2. The molecule has 20 heavy (non-hydrogen) atoms. The van der Waals surface area contributed by atoms with Crippen molar-refractivity contribution in [2.45, 2.75) is 77.8 Å².